The predicted molar refractivity (Wildman–Crippen MR) is 131 cm³/mol. The first-order valence-electron chi connectivity index (χ1n) is 11.9. The van der Waals surface area contributed by atoms with Gasteiger partial charge in [0.25, 0.3) is 0 Å². The third-order valence-corrected chi connectivity index (χ3v) is 6.54. The summed E-state index contributed by atoms with van der Waals surface area (Å²) in [5.41, 5.74) is 2.59. The molecule has 0 saturated carbocycles. The number of allylic oxidation sites excluding steroid dienone is 5. The van der Waals surface area contributed by atoms with E-state index in [2.05, 4.69) is 39.8 Å². The number of hydrogen-bond donors (Lipinski definition) is 0. The number of rotatable bonds is 13. The van der Waals surface area contributed by atoms with E-state index < -0.39 is 12.1 Å². The van der Waals surface area contributed by atoms with E-state index in [0.29, 0.717) is 12.2 Å². The lowest BCUT2D eigenvalue weighted by Crippen LogP contribution is -2.42. The molecule has 6 nitrogen and oxygen atoms in total. The fourth-order valence-electron chi connectivity index (χ4n) is 4.15. The number of ketones is 1. The highest BCUT2D eigenvalue weighted by Crippen LogP contribution is 2.37. The Labute approximate surface area is 200 Å². The fraction of sp³-hybridized carbons (Fsp3) is 0.704. The number of methoxy groups -OCH3 is 3. The van der Waals surface area contributed by atoms with Gasteiger partial charge in [-0.25, -0.2) is 0 Å². The fourth-order valence-corrected chi connectivity index (χ4v) is 4.15. The van der Waals surface area contributed by atoms with E-state index in [-0.39, 0.29) is 29.0 Å². The van der Waals surface area contributed by atoms with Crippen molar-refractivity contribution in [3.63, 3.8) is 0 Å². The van der Waals surface area contributed by atoms with Gasteiger partial charge in [-0.05, 0) is 66.2 Å². The Morgan fingerprint density at radius 1 is 1.00 bits per heavy atom. The number of carbonyl (C=O) groups excluding carboxylic acids is 2. The van der Waals surface area contributed by atoms with Gasteiger partial charge in [-0.15, -0.1) is 0 Å². The maximum Gasteiger partial charge on any atom is 0.303 e. The summed E-state index contributed by atoms with van der Waals surface area (Å²) in [7, 11) is 4.67. The molecule has 3 atom stereocenters. The normalized spacial score (nSPS) is 22.5. The van der Waals surface area contributed by atoms with Crippen LogP contribution in [0.5, 0.6) is 0 Å². The summed E-state index contributed by atoms with van der Waals surface area (Å²) < 4.78 is 21.8. The van der Waals surface area contributed by atoms with Gasteiger partial charge < -0.3 is 18.9 Å². The molecule has 3 unspecified atom stereocenters. The molecule has 0 saturated heterocycles. The Morgan fingerprint density at radius 2 is 1.64 bits per heavy atom. The summed E-state index contributed by atoms with van der Waals surface area (Å²) in [4.78, 5) is 24.5. The van der Waals surface area contributed by atoms with Crippen LogP contribution in [-0.4, -0.2) is 44.8 Å². The van der Waals surface area contributed by atoms with Crippen molar-refractivity contribution >= 4 is 11.8 Å². The minimum atomic E-state index is -0.641. The molecule has 0 heterocycles. The van der Waals surface area contributed by atoms with Gasteiger partial charge in [0.05, 0.1) is 19.8 Å². The molecular weight excluding hydrogens is 420 g/mol. The summed E-state index contributed by atoms with van der Waals surface area (Å²) >= 11 is 0. The van der Waals surface area contributed by atoms with Crippen LogP contribution >= 0.6 is 0 Å². The highest BCUT2D eigenvalue weighted by molar-refractivity contribution is 5.97. The number of carbonyl (C=O) groups is 2. The molecule has 6 heteroatoms. The Morgan fingerprint density at radius 3 is 2.18 bits per heavy atom. The monoisotopic (exact) mass is 464 g/mol. The Bertz CT molecular complexity index is 759. The average molecular weight is 465 g/mol. The van der Waals surface area contributed by atoms with Crippen LogP contribution < -0.4 is 0 Å². The molecule has 188 valence electrons. The van der Waals surface area contributed by atoms with Crippen LogP contribution in [0, 0.1) is 11.8 Å². The van der Waals surface area contributed by atoms with Crippen LogP contribution in [0.2, 0.25) is 0 Å². The lowest BCUT2D eigenvalue weighted by molar-refractivity contribution is -0.153. The lowest BCUT2D eigenvalue weighted by Gasteiger charge is -2.35. The van der Waals surface area contributed by atoms with E-state index in [9.17, 15) is 9.59 Å². The van der Waals surface area contributed by atoms with Crippen LogP contribution in [0.4, 0.5) is 0 Å². The zero-order valence-electron chi connectivity index (χ0n) is 22.1. The molecule has 0 spiro atoms. The zero-order valence-corrected chi connectivity index (χ0v) is 22.1. The SMILES string of the molecule is COC1=C(OC)C(OC(C)=O)C(C/C=C(\C)CC/C=C(\C)CCCC(C)(C)OC)C(C)C1=O. The molecule has 0 fully saturated rings. The number of esters is 1. The quantitative estimate of drug-likeness (QED) is 0.249. The van der Waals surface area contributed by atoms with E-state index in [1.807, 2.05) is 6.92 Å². The predicted octanol–water partition coefficient (Wildman–Crippen LogP) is 5.92. The largest absolute Gasteiger partial charge is 0.493 e. The van der Waals surface area contributed by atoms with Crippen molar-refractivity contribution in [2.75, 3.05) is 21.3 Å². The van der Waals surface area contributed by atoms with Crippen LogP contribution in [0.15, 0.2) is 34.8 Å². The summed E-state index contributed by atoms with van der Waals surface area (Å²) in [5.74, 6) is -0.641. The Balaban J connectivity index is 2.76. The molecule has 1 aliphatic carbocycles. The van der Waals surface area contributed by atoms with Gasteiger partial charge in [-0.1, -0.05) is 30.2 Å². The van der Waals surface area contributed by atoms with Crippen molar-refractivity contribution in [3.8, 4) is 0 Å². The van der Waals surface area contributed by atoms with Crippen molar-refractivity contribution in [1.82, 2.24) is 0 Å². The van der Waals surface area contributed by atoms with Crippen molar-refractivity contribution in [3.05, 3.63) is 34.8 Å². The Kier molecular flexibility index (Phi) is 11.9. The molecule has 0 aromatic rings. The topological polar surface area (TPSA) is 71.1 Å². The van der Waals surface area contributed by atoms with Crippen LogP contribution in [0.1, 0.15) is 80.1 Å². The van der Waals surface area contributed by atoms with Crippen molar-refractivity contribution in [2.45, 2.75) is 91.8 Å². The number of hydrogen-bond acceptors (Lipinski definition) is 6. The summed E-state index contributed by atoms with van der Waals surface area (Å²) in [6.07, 6.45) is 9.60. The third kappa shape index (κ3) is 9.00. The Hall–Kier alpha value is -2.08. The highest BCUT2D eigenvalue weighted by atomic mass is 16.6. The number of Topliss-reactive ketones (excluding diaryl/α,β-unsaturated/α-hetero) is 1. The molecule has 1 rings (SSSR count). The maximum atomic E-state index is 12.8. The van der Waals surface area contributed by atoms with E-state index in [0.717, 1.165) is 32.1 Å². The highest BCUT2D eigenvalue weighted by Gasteiger charge is 2.44. The van der Waals surface area contributed by atoms with E-state index in [1.54, 1.807) is 7.11 Å². The van der Waals surface area contributed by atoms with E-state index in [4.69, 9.17) is 18.9 Å². The van der Waals surface area contributed by atoms with Gasteiger partial charge in [-0.2, -0.15) is 0 Å². The van der Waals surface area contributed by atoms with Gasteiger partial charge in [0, 0.05) is 25.9 Å². The molecule has 1 aliphatic rings. The summed E-state index contributed by atoms with van der Waals surface area (Å²) in [6.45, 7) is 11.7. The standard InChI is InChI=1S/C27H44O6/c1-18(14-11-17-27(5,6)32-9)12-10-13-19(2)15-16-22-20(3)23(29)25(30-7)26(31-8)24(22)33-21(4)28/h12,15,20,22,24H,10-11,13-14,16-17H2,1-9H3/b18-12+,19-15+. The molecule has 0 aliphatic heterocycles. The third-order valence-electron chi connectivity index (χ3n) is 6.54. The van der Waals surface area contributed by atoms with Gasteiger partial charge in [0.1, 0.15) is 0 Å². The lowest BCUT2D eigenvalue weighted by atomic mass is 9.77. The smallest absolute Gasteiger partial charge is 0.303 e. The molecule has 0 bridgehead atoms. The van der Waals surface area contributed by atoms with Crippen molar-refractivity contribution in [2.24, 2.45) is 11.8 Å². The number of ether oxygens (including phenoxy) is 4. The second kappa shape index (κ2) is 13.6. The molecular formula is C27H44O6. The summed E-state index contributed by atoms with van der Waals surface area (Å²) in [6, 6.07) is 0. The molecule has 33 heavy (non-hydrogen) atoms. The molecule has 0 radical (unpaired) electrons. The van der Waals surface area contributed by atoms with Crippen molar-refractivity contribution < 1.29 is 28.5 Å². The van der Waals surface area contributed by atoms with Gasteiger partial charge >= 0.3 is 5.97 Å². The van der Waals surface area contributed by atoms with E-state index >= 15 is 0 Å². The average Bonchev–Trinajstić information content (AvgIpc) is 2.75. The van der Waals surface area contributed by atoms with Crippen LogP contribution in [-0.2, 0) is 28.5 Å². The second-order valence-corrected chi connectivity index (χ2v) is 9.64. The first-order valence-corrected chi connectivity index (χ1v) is 11.9. The van der Waals surface area contributed by atoms with Crippen LogP contribution in [0.3, 0.4) is 0 Å². The molecule has 0 aromatic carbocycles. The van der Waals surface area contributed by atoms with Crippen molar-refractivity contribution in [1.29, 1.82) is 0 Å². The second-order valence-electron chi connectivity index (χ2n) is 9.64. The van der Waals surface area contributed by atoms with Gasteiger partial charge in [0.2, 0.25) is 11.5 Å². The maximum absolute atomic E-state index is 12.8. The molecule has 0 N–H and O–H groups in total. The summed E-state index contributed by atoms with van der Waals surface area (Å²) in [5, 5.41) is 0. The van der Waals surface area contributed by atoms with Crippen LogP contribution in [0.25, 0.3) is 0 Å². The minimum absolute atomic E-state index is 0.0664. The zero-order chi connectivity index (χ0) is 25.2. The molecule has 0 amide bonds. The van der Waals surface area contributed by atoms with E-state index in [1.165, 1.54) is 32.3 Å². The van der Waals surface area contributed by atoms with Gasteiger partial charge in [0.15, 0.2) is 11.9 Å². The first-order chi connectivity index (χ1) is 15.5. The first kappa shape index (κ1) is 29.0. The van der Waals surface area contributed by atoms with Gasteiger partial charge in [-0.3, -0.25) is 9.59 Å². The minimum Gasteiger partial charge on any atom is -0.493 e. The molecule has 0 aromatic heterocycles.